The van der Waals surface area contributed by atoms with Crippen molar-refractivity contribution in [3.8, 4) is 0 Å². The van der Waals surface area contributed by atoms with Crippen molar-refractivity contribution in [3.63, 3.8) is 0 Å². The van der Waals surface area contributed by atoms with Gasteiger partial charge in [0.25, 0.3) is 0 Å². The van der Waals surface area contributed by atoms with Gasteiger partial charge in [0.15, 0.2) is 0 Å². The van der Waals surface area contributed by atoms with Crippen molar-refractivity contribution in [2.75, 3.05) is 13.4 Å². The van der Waals surface area contributed by atoms with E-state index in [1.165, 1.54) is 37.7 Å². The summed E-state index contributed by atoms with van der Waals surface area (Å²) in [6.45, 7) is 2.20. The molecule has 0 saturated heterocycles. The Balaban J connectivity index is 2.65. The maximum absolute atomic E-state index is 11.9. The Bertz CT molecular complexity index is 363. The second-order valence-electron chi connectivity index (χ2n) is 5.27. The lowest BCUT2D eigenvalue weighted by Crippen LogP contribution is -2.26. The van der Waals surface area contributed by atoms with Crippen LogP contribution in [0.5, 0.6) is 0 Å². The van der Waals surface area contributed by atoms with Crippen molar-refractivity contribution in [1.29, 1.82) is 0 Å². The molecule has 2 unspecified atom stereocenters. The topological polar surface area (TPSA) is 43.4 Å². The molecule has 2 atom stereocenters. The summed E-state index contributed by atoms with van der Waals surface area (Å²) >= 11 is 1.67. The molecule has 0 aromatic rings. The molecule has 0 aliphatic heterocycles. The number of carbonyl (C=O) groups is 2. The molecule has 0 spiro atoms. The van der Waals surface area contributed by atoms with Crippen LogP contribution in [0.2, 0.25) is 0 Å². The molecule has 4 heteroatoms. The van der Waals surface area contributed by atoms with Crippen molar-refractivity contribution < 1.29 is 14.3 Å². The summed E-state index contributed by atoms with van der Waals surface area (Å²) in [6, 6.07) is 0. The van der Waals surface area contributed by atoms with Gasteiger partial charge in [-0.1, -0.05) is 32.3 Å². The van der Waals surface area contributed by atoms with Gasteiger partial charge in [-0.05, 0) is 30.4 Å². The first-order chi connectivity index (χ1) is 9.65. The van der Waals surface area contributed by atoms with E-state index in [1.54, 1.807) is 11.8 Å². The molecule has 1 rings (SSSR count). The molecule has 114 valence electrons. The summed E-state index contributed by atoms with van der Waals surface area (Å²) < 4.78 is 4.79. The zero-order chi connectivity index (χ0) is 15.0. The lowest BCUT2D eigenvalue weighted by molar-refractivity contribution is -0.149. The quantitative estimate of drug-likeness (QED) is 0.386. The van der Waals surface area contributed by atoms with E-state index in [9.17, 15) is 9.59 Å². The smallest absolute Gasteiger partial charge is 0.316 e. The van der Waals surface area contributed by atoms with E-state index in [4.69, 9.17) is 4.74 Å². The number of methoxy groups -OCH3 is 1. The molecule has 1 fully saturated rings. The van der Waals surface area contributed by atoms with E-state index >= 15 is 0 Å². The summed E-state index contributed by atoms with van der Waals surface area (Å²) in [5, 5.41) is 0. The first kappa shape index (κ1) is 17.3. The molecule has 0 amide bonds. The van der Waals surface area contributed by atoms with Gasteiger partial charge < -0.3 is 4.74 Å². The van der Waals surface area contributed by atoms with E-state index in [2.05, 4.69) is 13.0 Å². The Morgan fingerprint density at radius 2 is 2.15 bits per heavy atom. The average molecular weight is 298 g/mol. The monoisotopic (exact) mass is 298 g/mol. The van der Waals surface area contributed by atoms with Crippen LogP contribution in [0.3, 0.4) is 0 Å². The van der Waals surface area contributed by atoms with Crippen LogP contribution >= 0.6 is 11.8 Å². The summed E-state index contributed by atoms with van der Waals surface area (Å²) in [7, 11) is 1.36. The fourth-order valence-corrected chi connectivity index (χ4v) is 3.62. The van der Waals surface area contributed by atoms with E-state index in [0.29, 0.717) is 6.42 Å². The maximum atomic E-state index is 11.9. The van der Waals surface area contributed by atoms with Crippen molar-refractivity contribution >= 4 is 23.5 Å². The number of esters is 1. The Morgan fingerprint density at radius 1 is 1.40 bits per heavy atom. The molecule has 0 aromatic heterocycles. The first-order valence-electron chi connectivity index (χ1n) is 7.50. The van der Waals surface area contributed by atoms with Crippen molar-refractivity contribution in [3.05, 3.63) is 11.0 Å². The summed E-state index contributed by atoms with van der Waals surface area (Å²) in [5.74, 6) is -0.873. The Kier molecular flexibility index (Phi) is 7.97. The molecule has 1 saturated carbocycles. The highest BCUT2D eigenvalue weighted by molar-refractivity contribution is 8.02. The lowest BCUT2D eigenvalue weighted by atomic mass is 9.94. The van der Waals surface area contributed by atoms with Gasteiger partial charge in [0.05, 0.1) is 7.11 Å². The van der Waals surface area contributed by atoms with Crippen LogP contribution in [0.1, 0.15) is 51.9 Å². The summed E-state index contributed by atoms with van der Waals surface area (Å²) in [5.41, 5.74) is 0. The number of hydrogen-bond acceptors (Lipinski definition) is 4. The zero-order valence-electron chi connectivity index (χ0n) is 12.8. The van der Waals surface area contributed by atoms with Crippen molar-refractivity contribution in [2.45, 2.75) is 51.9 Å². The molecule has 0 heterocycles. The molecule has 3 nitrogen and oxygen atoms in total. The fraction of sp³-hybridized carbons (Fsp3) is 0.750. The van der Waals surface area contributed by atoms with Gasteiger partial charge in [0.1, 0.15) is 11.7 Å². The highest BCUT2D eigenvalue weighted by Crippen LogP contribution is 2.39. The second-order valence-corrected chi connectivity index (χ2v) is 6.15. The minimum atomic E-state index is -0.575. The largest absolute Gasteiger partial charge is 0.468 e. The minimum absolute atomic E-state index is 0.0350. The zero-order valence-corrected chi connectivity index (χ0v) is 13.6. The van der Waals surface area contributed by atoms with E-state index < -0.39 is 5.92 Å². The third-order valence-electron chi connectivity index (χ3n) is 3.91. The van der Waals surface area contributed by atoms with Crippen LogP contribution in [0.15, 0.2) is 11.0 Å². The predicted molar refractivity (Wildman–Crippen MR) is 83.6 cm³/mol. The first-order valence-corrected chi connectivity index (χ1v) is 8.72. The number of ether oxygens (including phenoxy) is 1. The van der Waals surface area contributed by atoms with E-state index in [1.807, 2.05) is 6.26 Å². The summed E-state index contributed by atoms with van der Waals surface area (Å²) in [4.78, 5) is 24.9. The standard InChI is InChI=1S/C16H26O3S/c1-4-5-6-7-8-9-14(20-3)12-10-11-13(17)15(12)16(18)19-2/h9,12,15H,4-8,10-11H2,1-3H3/b14-9+. The molecule has 1 aliphatic carbocycles. The molecule has 1 aliphatic rings. The Hall–Kier alpha value is -0.770. The van der Waals surface area contributed by atoms with Gasteiger partial charge in [0.2, 0.25) is 0 Å². The van der Waals surface area contributed by atoms with Crippen molar-refractivity contribution in [2.24, 2.45) is 11.8 Å². The van der Waals surface area contributed by atoms with Crippen LogP contribution in [0.4, 0.5) is 0 Å². The minimum Gasteiger partial charge on any atom is -0.468 e. The van der Waals surface area contributed by atoms with Crippen LogP contribution < -0.4 is 0 Å². The van der Waals surface area contributed by atoms with Crippen LogP contribution in [-0.4, -0.2) is 25.1 Å². The number of ketones is 1. The van der Waals surface area contributed by atoms with Gasteiger partial charge in [-0.2, -0.15) is 0 Å². The van der Waals surface area contributed by atoms with Gasteiger partial charge in [-0.25, -0.2) is 0 Å². The molecule has 0 radical (unpaired) electrons. The van der Waals surface area contributed by atoms with Gasteiger partial charge in [-0.15, -0.1) is 11.8 Å². The number of hydrogen-bond donors (Lipinski definition) is 0. The Labute approximate surface area is 126 Å². The van der Waals surface area contributed by atoms with Gasteiger partial charge >= 0.3 is 5.97 Å². The SMILES string of the molecule is CCCCCC/C=C(/SC)C1CCC(=O)C1C(=O)OC. The van der Waals surface area contributed by atoms with E-state index in [-0.39, 0.29) is 17.7 Å². The maximum Gasteiger partial charge on any atom is 0.316 e. The molecule has 0 N–H and O–H groups in total. The second kappa shape index (κ2) is 9.22. The molecular formula is C16H26O3S. The molecule has 20 heavy (non-hydrogen) atoms. The predicted octanol–water partition coefficient (Wildman–Crippen LogP) is 3.97. The highest BCUT2D eigenvalue weighted by atomic mass is 32.2. The fourth-order valence-electron chi connectivity index (χ4n) is 2.78. The van der Waals surface area contributed by atoms with Gasteiger partial charge in [0, 0.05) is 12.3 Å². The lowest BCUT2D eigenvalue weighted by Gasteiger charge is -2.18. The molecule has 0 aromatic carbocycles. The van der Waals surface area contributed by atoms with Crippen molar-refractivity contribution in [1.82, 2.24) is 0 Å². The molecular weight excluding hydrogens is 272 g/mol. The van der Waals surface area contributed by atoms with Gasteiger partial charge in [-0.3, -0.25) is 9.59 Å². The summed E-state index contributed by atoms with van der Waals surface area (Å²) in [6.07, 6.45) is 11.5. The normalized spacial score (nSPS) is 23.1. The van der Waals surface area contributed by atoms with Crippen LogP contribution in [0.25, 0.3) is 0 Å². The molecule has 0 bridgehead atoms. The van der Waals surface area contributed by atoms with E-state index in [0.717, 1.165) is 12.8 Å². The number of unbranched alkanes of at least 4 members (excludes halogenated alkanes) is 4. The van der Waals surface area contributed by atoms with Crippen LogP contribution in [-0.2, 0) is 14.3 Å². The van der Waals surface area contributed by atoms with Crippen LogP contribution in [0, 0.1) is 11.8 Å². The number of carbonyl (C=O) groups excluding carboxylic acids is 2. The Morgan fingerprint density at radius 3 is 2.75 bits per heavy atom. The average Bonchev–Trinajstić information content (AvgIpc) is 2.84. The number of rotatable bonds is 8. The third kappa shape index (κ3) is 4.65. The number of Topliss-reactive ketones (excluding diaryl/α,β-unsaturated/α-hetero) is 1. The number of allylic oxidation sites excluding steroid dienone is 2. The highest BCUT2D eigenvalue weighted by Gasteiger charge is 2.42. The number of thioether (sulfide) groups is 1. The third-order valence-corrected chi connectivity index (χ3v) is 4.85.